The van der Waals surface area contributed by atoms with Crippen LogP contribution in [-0.2, 0) is 18.6 Å². The second-order valence-corrected chi connectivity index (χ2v) is 7.27. The van der Waals surface area contributed by atoms with E-state index in [2.05, 4.69) is 5.32 Å². The van der Waals surface area contributed by atoms with Crippen LogP contribution in [-0.4, -0.2) is 34.6 Å². The predicted octanol–water partition coefficient (Wildman–Crippen LogP) is 1.99. The van der Waals surface area contributed by atoms with Gasteiger partial charge in [-0.2, -0.15) is 0 Å². The van der Waals surface area contributed by atoms with E-state index >= 15 is 0 Å². The van der Waals surface area contributed by atoms with Gasteiger partial charge >= 0.3 is 0 Å². The second-order valence-electron chi connectivity index (χ2n) is 4.70. The minimum atomic E-state index is -3.87. The molecule has 1 unspecified atom stereocenters. The smallest absolute Gasteiger partial charge is 0.261 e. The zero-order valence-electron chi connectivity index (χ0n) is 11.5. The van der Waals surface area contributed by atoms with Crippen molar-refractivity contribution in [2.24, 2.45) is 5.92 Å². The fraction of sp³-hybridized carbons (Fsp3) is 0.462. The lowest BCUT2D eigenvalue weighted by Crippen LogP contribution is -2.30. The zero-order valence-corrected chi connectivity index (χ0v) is 13.0. The number of amides is 1. The van der Waals surface area contributed by atoms with Crippen LogP contribution in [0.25, 0.3) is 0 Å². The number of carbonyl (C=O) groups is 1. The molecule has 1 atom stereocenters. The van der Waals surface area contributed by atoms with Crippen LogP contribution in [0.5, 0.6) is 5.75 Å². The Morgan fingerprint density at radius 3 is 2.81 bits per heavy atom. The molecular weight excluding hydrogens is 318 g/mol. The Hall–Kier alpha value is -1.31. The van der Waals surface area contributed by atoms with Crippen molar-refractivity contribution in [3.05, 3.63) is 18.2 Å². The minimum absolute atomic E-state index is 0.0971. The van der Waals surface area contributed by atoms with Gasteiger partial charge in [-0.25, -0.2) is 8.42 Å². The largest absolute Gasteiger partial charge is 0.495 e. The third-order valence-corrected chi connectivity index (χ3v) is 4.59. The minimum Gasteiger partial charge on any atom is -0.495 e. The van der Waals surface area contributed by atoms with Crippen LogP contribution in [0.2, 0.25) is 0 Å². The Kier molecular flexibility index (Phi) is 5.08. The molecule has 0 aromatic heterocycles. The van der Waals surface area contributed by atoms with Gasteiger partial charge in [-0.1, -0.05) is 0 Å². The van der Waals surface area contributed by atoms with Crippen LogP contribution in [0.4, 0.5) is 5.69 Å². The SMILES string of the molecule is COc1ccc(S(=O)(=O)Cl)cc1NC(=O)C1CCCOC1. The van der Waals surface area contributed by atoms with Crippen molar-refractivity contribution in [2.75, 3.05) is 25.6 Å². The Labute approximate surface area is 127 Å². The highest BCUT2D eigenvalue weighted by Gasteiger charge is 2.23. The first-order valence-electron chi connectivity index (χ1n) is 6.43. The number of nitrogens with one attached hydrogen (secondary N) is 1. The van der Waals surface area contributed by atoms with Gasteiger partial charge < -0.3 is 14.8 Å². The molecule has 1 aromatic carbocycles. The monoisotopic (exact) mass is 333 g/mol. The Bertz CT molecular complexity index is 625. The van der Waals surface area contributed by atoms with Crippen LogP contribution in [0.1, 0.15) is 12.8 Å². The molecule has 0 bridgehead atoms. The predicted molar refractivity (Wildman–Crippen MR) is 78.2 cm³/mol. The first-order valence-corrected chi connectivity index (χ1v) is 8.74. The maximum atomic E-state index is 12.2. The van der Waals surface area contributed by atoms with Crippen LogP contribution in [0.15, 0.2) is 23.1 Å². The van der Waals surface area contributed by atoms with E-state index < -0.39 is 9.05 Å². The van der Waals surface area contributed by atoms with Crippen molar-refractivity contribution in [3.63, 3.8) is 0 Å². The maximum absolute atomic E-state index is 12.2. The molecule has 1 fully saturated rings. The number of hydrogen-bond acceptors (Lipinski definition) is 5. The summed E-state index contributed by atoms with van der Waals surface area (Å²) in [5, 5.41) is 2.68. The van der Waals surface area contributed by atoms with E-state index in [1.807, 2.05) is 0 Å². The van der Waals surface area contributed by atoms with Gasteiger partial charge in [0.05, 0.1) is 30.2 Å². The van der Waals surface area contributed by atoms with E-state index in [0.717, 1.165) is 12.8 Å². The molecule has 2 rings (SSSR count). The standard InChI is InChI=1S/C13H16ClNO5S/c1-19-12-5-4-10(21(14,17)18)7-11(12)15-13(16)9-3-2-6-20-8-9/h4-5,7,9H,2-3,6,8H2,1H3,(H,15,16). The van der Waals surface area contributed by atoms with Crippen LogP contribution < -0.4 is 10.1 Å². The number of halogens is 1. The first kappa shape index (κ1) is 16.1. The summed E-state index contributed by atoms with van der Waals surface area (Å²) in [5.41, 5.74) is 0.273. The lowest BCUT2D eigenvalue weighted by Gasteiger charge is -2.21. The van der Waals surface area contributed by atoms with Gasteiger partial charge in [-0.05, 0) is 31.0 Å². The van der Waals surface area contributed by atoms with Gasteiger partial charge in [0, 0.05) is 17.3 Å². The molecule has 1 aliphatic rings. The fourth-order valence-electron chi connectivity index (χ4n) is 2.12. The van der Waals surface area contributed by atoms with Crippen LogP contribution in [0, 0.1) is 5.92 Å². The summed E-state index contributed by atoms with van der Waals surface area (Å²) in [7, 11) is 2.87. The van der Waals surface area contributed by atoms with Gasteiger partial charge in [-0.3, -0.25) is 4.79 Å². The number of ether oxygens (including phenoxy) is 2. The molecule has 0 radical (unpaired) electrons. The van der Waals surface area contributed by atoms with E-state index in [1.54, 1.807) is 0 Å². The highest BCUT2D eigenvalue weighted by Crippen LogP contribution is 2.29. The zero-order chi connectivity index (χ0) is 15.5. The van der Waals surface area contributed by atoms with Crippen molar-refractivity contribution in [3.8, 4) is 5.75 Å². The Balaban J connectivity index is 2.22. The highest BCUT2D eigenvalue weighted by molar-refractivity contribution is 8.13. The average Bonchev–Trinajstić information content (AvgIpc) is 2.47. The summed E-state index contributed by atoms with van der Waals surface area (Å²) in [6, 6.07) is 4.05. The van der Waals surface area contributed by atoms with E-state index in [1.165, 1.54) is 25.3 Å². The third kappa shape index (κ3) is 4.09. The maximum Gasteiger partial charge on any atom is 0.261 e. The normalized spacial score (nSPS) is 19.0. The summed E-state index contributed by atoms with van der Waals surface area (Å²) >= 11 is 0. The van der Waals surface area contributed by atoms with Crippen molar-refractivity contribution >= 4 is 31.3 Å². The summed E-state index contributed by atoms with van der Waals surface area (Å²) in [6.45, 7) is 1.02. The van der Waals surface area contributed by atoms with Gasteiger partial charge in [0.15, 0.2) is 0 Å². The van der Waals surface area contributed by atoms with Crippen LogP contribution in [0.3, 0.4) is 0 Å². The van der Waals surface area contributed by atoms with Crippen molar-refractivity contribution < 1.29 is 22.7 Å². The Morgan fingerprint density at radius 1 is 1.48 bits per heavy atom. The van der Waals surface area contributed by atoms with Gasteiger partial charge in [-0.15, -0.1) is 0 Å². The number of hydrogen-bond donors (Lipinski definition) is 1. The lowest BCUT2D eigenvalue weighted by molar-refractivity contribution is -0.123. The molecule has 1 aliphatic heterocycles. The van der Waals surface area contributed by atoms with Crippen LogP contribution >= 0.6 is 10.7 Å². The van der Waals surface area contributed by atoms with E-state index in [9.17, 15) is 13.2 Å². The first-order chi connectivity index (χ1) is 9.91. The quantitative estimate of drug-likeness (QED) is 0.852. The molecule has 6 nitrogen and oxygen atoms in total. The lowest BCUT2D eigenvalue weighted by atomic mass is 10.0. The molecular formula is C13H16ClNO5S. The summed E-state index contributed by atoms with van der Waals surface area (Å²) in [5.74, 6) is -0.110. The molecule has 1 amide bonds. The molecule has 1 saturated heterocycles. The number of carbonyl (C=O) groups excluding carboxylic acids is 1. The van der Waals surface area contributed by atoms with Crippen molar-refractivity contribution in [2.45, 2.75) is 17.7 Å². The molecule has 0 spiro atoms. The average molecular weight is 334 g/mol. The molecule has 0 aliphatic carbocycles. The second kappa shape index (κ2) is 6.64. The molecule has 1 N–H and O–H groups in total. The fourth-order valence-corrected chi connectivity index (χ4v) is 2.90. The summed E-state index contributed by atoms with van der Waals surface area (Å²) in [4.78, 5) is 12.1. The molecule has 8 heteroatoms. The summed E-state index contributed by atoms with van der Waals surface area (Å²) in [6.07, 6.45) is 1.56. The van der Waals surface area contributed by atoms with E-state index in [-0.39, 0.29) is 22.4 Å². The van der Waals surface area contributed by atoms with Gasteiger partial charge in [0.25, 0.3) is 9.05 Å². The number of rotatable bonds is 4. The molecule has 21 heavy (non-hydrogen) atoms. The number of benzene rings is 1. The third-order valence-electron chi connectivity index (χ3n) is 3.24. The Morgan fingerprint density at radius 2 is 2.24 bits per heavy atom. The van der Waals surface area contributed by atoms with Gasteiger partial charge in [0.2, 0.25) is 5.91 Å². The number of methoxy groups -OCH3 is 1. The molecule has 116 valence electrons. The summed E-state index contributed by atoms with van der Waals surface area (Å²) < 4.78 is 33.1. The highest BCUT2D eigenvalue weighted by atomic mass is 35.7. The van der Waals surface area contributed by atoms with E-state index in [0.29, 0.717) is 19.0 Å². The topological polar surface area (TPSA) is 81.7 Å². The molecule has 1 heterocycles. The molecule has 1 aromatic rings. The molecule has 0 saturated carbocycles. The van der Waals surface area contributed by atoms with Crippen molar-refractivity contribution in [1.29, 1.82) is 0 Å². The van der Waals surface area contributed by atoms with Crippen molar-refractivity contribution in [1.82, 2.24) is 0 Å². The number of anilines is 1. The van der Waals surface area contributed by atoms with E-state index in [4.69, 9.17) is 20.2 Å². The van der Waals surface area contributed by atoms with Gasteiger partial charge in [0.1, 0.15) is 5.75 Å².